The van der Waals surface area contributed by atoms with Crippen LogP contribution in [0.15, 0.2) is 28.7 Å². The highest BCUT2D eigenvalue weighted by atomic mass is 79.9. The number of rotatable bonds is 4. The van der Waals surface area contributed by atoms with Crippen LogP contribution in [0.1, 0.15) is 47.1 Å². The van der Waals surface area contributed by atoms with Crippen molar-refractivity contribution in [3.63, 3.8) is 0 Å². The third kappa shape index (κ3) is 6.09. The van der Waals surface area contributed by atoms with Crippen LogP contribution in [0.5, 0.6) is 0 Å². The molecular weight excluding hydrogens is 298 g/mol. The Morgan fingerprint density at radius 2 is 1.63 bits per heavy atom. The topological polar surface area (TPSA) is 12.0 Å². The number of hydrogen-bond donors (Lipinski definition) is 1. The summed E-state index contributed by atoms with van der Waals surface area (Å²) < 4.78 is 1.22. The first kappa shape index (κ1) is 16.7. The molecule has 1 N–H and O–H groups in total. The normalized spacial score (nSPS) is 14.5. The Bertz CT molecular complexity index is 398. The van der Waals surface area contributed by atoms with Gasteiger partial charge in [0.1, 0.15) is 0 Å². The molecule has 0 aliphatic carbocycles. The zero-order valence-electron chi connectivity index (χ0n) is 13.2. The van der Waals surface area contributed by atoms with Crippen LogP contribution in [-0.4, -0.2) is 12.1 Å². The minimum absolute atomic E-state index is 0.178. The lowest BCUT2D eigenvalue weighted by atomic mass is 9.77. The van der Waals surface area contributed by atoms with Crippen molar-refractivity contribution in [2.24, 2.45) is 11.3 Å². The van der Waals surface area contributed by atoms with E-state index in [1.54, 1.807) is 0 Å². The van der Waals surface area contributed by atoms with Gasteiger partial charge < -0.3 is 5.32 Å². The highest BCUT2D eigenvalue weighted by molar-refractivity contribution is 9.10. The van der Waals surface area contributed by atoms with E-state index < -0.39 is 0 Å². The molecule has 0 amide bonds. The molecule has 0 saturated heterocycles. The van der Waals surface area contributed by atoms with Crippen molar-refractivity contribution in [2.45, 2.75) is 53.5 Å². The maximum Gasteiger partial charge on any atom is 0.0207 e. The van der Waals surface area contributed by atoms with Crippen LogP contribution < -0.4 is 5.32 Å². The minimum Gasteiger partial charge on any atom is -0.312 e. The van der Waals surface area contributed by atoms with E-state index in [9.17, 15) is 0 Å². The van der Waals surface area contributed by atoms with Gasteiger partial charge in [0.05, 0.1) is 0 Å². The van der Waals surface area contributed by atoms with Crippen molar-refractivity contribution in [1.29, 1.82) is 0 Å². The summed E-state index contributed by atoms with van der Waals surface area (Å²) in [7, 11) is 0. The molecule has 1 aromatic carbocycles. The summed E-state index contributed by atoms with van der Waals surface area (Å²) in [6.07, 6.45) is 1.11. The number of halogens is 1. The predicted octanol–water partition coefficient (Wildman–Crippen LogP) is 5.04. The Hall–Kier alpha value is -0.340. The van der Waals surface area contributed by atoms with E-state index in [0.29, 0.717) is 11.3 Å². The standard InChI is InChI=1S/C17H28BrN/c1-16(2,3)14(12-19-17(4,5)6)11-13-9-7-8-10-15(13)18/h7-10,14,19H,11-12H2,1-6H3. The molecule has 0 spiro atoms. The van der Waals surface area contributed by atoms with Gasteiger partial charge in [-0.2, -0.15) is 0 Å². The average Bonchev–Trinajstić information content (AvgIpc) is 2.23. The Morgan fingerprint density at radius 1 is 1.05 bits per heavy atom. The second-order valence-electron chi connectivity index (χ2n) is 7.49. The molecule has 0 aliphatic heterocycles. The van der Waals surface area contributed by atoms with Crippen molar-refractivity contribution in [3.8, 4) is 0 Å². The number of hydrogen-bond acceptors (Lipinski definition) is 1. The Morgan fingerprint density at radius 3 is 2.11 bits per heavy atom. The van der Waals surface area contributed by atoms with Crippen LogP contribution in [0, 0.1) is 11.3 Å². The summed E-state index contributed by atoms with van der Waals surface area (Å²) in [5.74, 6) is 0.616. The summed E-state index contributed by atoms with van der Waals surface area (Å²) in [5, 5.41) is 3.65. The van der Waals surface area contributed by atoms with Crippen LogP contribution in [-0.2, 0) is 6.42 Å². The first-order valence-electron chi connectivity index (χ1n) is 7.08. The van der Waals surface area contributed by atoms with Gasteiger partial charge in [-0.3, -0.25) is 0 Å². The fourth-order valence-electron chi connectivity index (χ4n) is 2.04. The summed E-state index contributed by atoms with van der Waals surface area (Å²) >= 11 is 3.66. The molecule has 2 heteroatoms. The molecule has 0 heterocycles. The number of benzene rings is 1. The van der Waals surface area contributed by atoms with Gasteiger partial charge in [-0.15, -0.1) is 0 Å². The van der Waals surface area contributed by atoms with Crippen LogP contribution in [0.2, 0.25) is 0 Å². The molecule has 0 fully saturated rings. The molecule has 1 atom stereocenters. The largest absolute Gasteiger partial charge is 0.312 e. The van der Waals surface area contributed by atoms with Gasteiger partial charge in [0, 0.05) is 10.0 Å². The summed E-state index contributed by atoms with van der Waals surface area (Å²) in [6.45, 7) is 14.7. The second-order valence-corrected chi connectivity index (χ2v) is 8.34. The average molecular weight is 326 g/mol. The monoisotopic (exact) mass is 325 g/mol. The molecule has 108 valence electrons. The van der Waals surface area contributed by atoms with E-state index in [-0.39, 0.29) is 5.54 Å². The van der Waals surface area contributed by atoms with Crippen LogP contribution >= 0.6 is 15.9 Å². The third-order valence-corrected chi connectivity index (χ3v) is 4.30. The van der Waals surface area contributed by atoms with Gasteiger partial charge in [0.25, 0.3) is 0 Å². The molecule has 0 aliphatic rings. The lowest BCUT2D eigenvalue weighted by Gasteiger charge is -2.34. The van der Waals surface area contributed by atoms with Crippen LogP contribution in [0.25, 0.3) is 0 Å². The fourth-order valence-corrected chi connectivity index (χ4v) is 2.49. The van der Waals surface area contributed by atoms with Crippen LogP contribution in [0.4, 0.5) is 0 Å². The fraction of sp³-hybridized carbons (Fsp3) is 0.647. The van der Waals surface area contributed by atoms with Gasteiger partial charge in [-0.05, 0) is 56.7 Å². The SMILES string of the molecule is CC(C)(C)NCC(Cc1ccccc1Br)C(C)(C)C. The maximum absolute atomic E-state index is 3.66. The Labute approximate surface area is 127 Å². The molecule has 0 radical (unpaired) electrons. The summed E-state index contributed by atoms with van der Waals surface area (Å²) in [4.78, 5) is 0. The molecule has 1 nitrogen and oxygen atoms in total. The summed E-state index contributed by atoms with van der Waals surface area (Å²) in [6, 6.07) is 8.55. The minimum atomic E-state index is 0.178. The van der Waals surface area contributed by atoms with Gasteiger partial charge in [-0.1, -0.05) is 54.9 Å². The summed E-state index contributed by atoms with van der Waals surface area (Å²) in [5.41, 5.74) is 1.88. The maximum atomic E-state index is 3.66. The highest BCUT2D eigenvalue weighted by Crippen LogP contribution is 2.31. The molecule has 1 rings (SSSR count). The Kier molecular flexibility index (Phi) is 5.64. The van der Waals surface area contributed by atoms with E-state index in [2.05, 4.69) is 87.1 Å². The first-order valence-corrected chi connectivity index (χ1v) is 7.87. The van der Waals surface area contributed by atoms with Crippen molar-refractivity contribution in [1.82, 2.24) is 5.32 Å². The highest BCUT2D eigenvalue weighted by Gasteiger charge is 2.26. The zero-order chi connectivity index (χ0) is 14.7. The Balaban J connectivity index is 2.79. The molecule has 0 aromatic heterocycles. The zero-order valence-corrected chi connectivity index (χ0v) is 14.8. The second kappa shape index (κ2) is 6.41. The molecule has 0 bridgehead atoms. The van der Waals surface area contributed by atoms with E-state index in [1.807, 2.05) is 0 Å². The number of nitrogens with one attached hydrogen (secondary N) is 1. The lowest BCUT2D eigenvalue weighted by Crippen LogP contribution is -2.42. The molecule has 1 aromatic rings. The van der Waals surface area contributed by atoms with Crippen molar-refractivity contribution in [2.75, 3.05) is 6.54 Å². The quantitative estimate of drug-likeness (QED) is 0.817. The van der Waals surface area contributed by atoms with Crippen molar-refractivity contribution < 1.29 is 0 Å². The van der Waals surface area contributed by atoms with E-state index in [1.165, 1.54) is 10.0 Å². The van der Waals surface area contributed by atoms with Crippen molar-refractivity contribution >= 4 is 15.9 Å². The molecule has 0 saturated carbocycles. The first-order chi connectivity index (χ1) is 8.59. The third-order valence-electron chi connectivity index (χ3n) is 3.53. The van der Waals surface area contributed by atoms with Gasteiger partial charge in [0.15, 0.2) is 0 Å². The van der Waals surface area contributed by atoms with Gasteiger partial charge >= 0.3 is 0 Å². The van der Waals surface area contributed by atoms with E-state index >= 15 is 0 Å². The van der Waals surface area contributed by atoms with Gasteiger partial charge in [0.2, 0.25) is 0 Å². The van der Waals surface area contributed by atoms with Crippen LogP contribution in [0.3, 0.4) is 0 Å². The molecule has 1 unspecified atom stereocenters. The van der Waals surface area contributed by atoms with Crippen molar-refractivity contribution in [3.05, 3.63) is 34.3 Å². The smallest absolute Gasteiger partial charge is 0.0207 e. The van der Waals surface area contributed by atoms with E-state index in [0.717, 1.165) is 13.0 Å². The van der Waals surface area contributed by atoms with E-state index in [4.69, 9.17) is 0 Å². The molecule has 19 heavy (non-hydrogen) atoms. The lowest BCUT2D eigenvalue weighted by molar-refractivity contribution is 0.214. The van der Waals surface area contributed by atoms with Gasteiger partial charge in [-0.25, -0.2) is 0 Å². The molecular formula is C17H28BrN. The predicted molar refractivity (Wildman–Crippen MR) is 88.5 cm³/mol.